The van der Waals surface area contributed by atoms with Gasteiger partial charge in [0.05, 0.1) is 13.7 Å². The van der Waals surface area contributed by atoms with Crippen LogP contribution in [0.2, 0.25) is 0 Å². The minimum absolute atomic E-state index is 0.00449. The van der Waals surface area contributed by atoms with Crippen LogP contribution in [0.3, 0.4) is 0 Å². The fourth-order valence-corrected chi connectivity index (χ4v) is 2.22. The summed E-state index contributed by atoms with van der Waals surface area (Å²) in [6.07, 6.45) is 0. The van der Waals surface area contributed by atoms with Crippen LogP contribution in [-0.4, -0.2) is 37.9 Å². The molecule has 28 heavy (non-hydrogen) atoms. The molecule has 2 aromatic carbocycles. The molecular weight excluding hydrogens is 362 g/mol. The molecular formula is C20H23N3O5. The molecule has 0 atom stereocenters. The van der Waals surface area contributed by atoms with Crippen LogP contribution in [0.4, 0.5) is 5.69 Å². The van der Waals surface area contributed by atoms with E-state index in [1.807, 2.05) is 31.2 Å². The number of ether oxygens (including phenoxy) is 2. The molecule has 0 bridgehead atoms. The lowest BCUT2D eigenvalue weighted by atomic mass is 10.1. The highest BCUT2D eigenvalue weighted by molar-refractivity contribution is 5.94. The minimum Gasteiger partial charge on any atom is -0.493 e. The standard InChI is InChI=1S/C20H23N3O5/c1-13-4-7-16(8-5-13)21-11-19(25)22-23-20(26)12-28-17-9-6-15(14(2)24)10-18(17)27-3/h4-10,21H,11-12H2,1-3H3,(H,22,25)(H,23,26). The second-order valence-corrected chi connectivity index (χ2v) is 6.03. The number of Topliss-reactive ketones (excluding diaryl/α,β-unsaturated/α-hetero) is 1. The first-order chi connectivity index (χ1) is 13.4. The lowest BCUT2D eigenvalue weighted by molar-refractivity contribution is -0.129. The first-order valence-electron chi connectivity index (χ1n) is 8.59. The van der Waals surface area contributed by atoms with E-state index in [1.165, 1.54) is 20.1 Å². The number of amides is 2. The van der Waals surface area contributed by atoms with Gasteiger partial charge in [0.2, 0.25) is 0 Å². The number of hydrogen-bond acceptors (Lipinski definition) is 6. The molecule has 2 rings (SSSR count). The van der Waals surface area contributed by atoms with Crippen molar-refractivity contribution in [2.45, 2.75) is 13.8 Å². The summed E-state index contributed by atoms with van der Waals surface area (Å²) in [5.41, 5.74) is 6.96. The van der Waals surface area contributed by atoms with E-state index in [0.717, 1.165) is 11.3 Å². The monoisotopic (exact) mass is 385 g/mol. The molecule has 0 unspecified atom stereocenters. The van der Waals surface area contributed by atoms with E-state index in [0.29, 0.717) is 17.1 Å². The average Bonchev–Trinajstić information content (AvgIpc) is 2.69. The Labute approximate surface area is 163 Å². The van der Waals surface area contributed by atoms with Gasteiger partial charge < -0.3 is 14.8 Å². The Kier molecular flexibility index (Phi) is 7.38. The Balaban J connectivity index is 1.75. The van der Waals surface area contributed by atoms with Crippen molar-refractivity contribution in [3.63, 3.8) is 0 Å². The maximum absolute atomic E-state index is 11.8. The number of hydrogen-bond donors (Lipinski definition) is 3. The molecule has 2 aromatic rings. The van der Waals surface area contributed by atoms with Crippen molar-refractivity contribution in [1.29, 1.82) is 0 Å². The molecule has 0 fully saturated rings. The highest BCUT2D eigenvalue weighted by Crippen LogP contribution is 2.28. The van der Waals surface area contributed by atoms with Crippen molar-refractivity contribution in [2.24, 2.45) is 0 Å². The summed E-state index contributed by atoms with van der Waals surface area (Å²) >= 11 is 0. The molecule has 0 aliphatic carbocycles. The van der Waals surface area contributed by atoms with Gasteiger partial charge in [-0.25, -0.2) is 0 Å². The van der Waals surface area contributed by atoms with Crippen LogP contribution in [0, 0.1) is 6.92 Å². The van der Waals surface area contributed by atoms with E-state index >= 15 is 0 Å². The van der Waals surface area contributed by atoms with Crippen LogP contribution in [0.15, 0.2) is 42.5 Å². The quantitative estimate of drug-likeness (QED) is 0.473. The van der Waals surface area contributed by atoms with E-state index in [2.05, 4.69) is 16.2 Å². The fourth-order valence-electron chi connectivity index (χ4n) is 2.22. The molecule has 3 N–H and O–H groups in total. The molecule has 8 heteroatoms. The second-order valence-electron chi connectivity index (χ2n) is 6.03. The highest BCUT2D eigenvalue weighted by Gasteiger charge is 2.11. The third kappa shape index (κ3) is 6.31. The van der Waals surface area contributed by atoms with Crippen LogP contribution in [0.1, 0.15) is 22.8 Å². The summed E-state index contributed by atoms with van der Waals surface area (Å²) in [4.78, 5) is 35.0. The van der Waals surface area contributed by atoms with E-state index in [9.17, 15) is 14.4 Å². The molecule has 0 aromatic heterocycles. The normalized spacial score (nSPS) is 9.96. The van der Waals surface area contributed by atoms with Crippen molar-refractivity contribution in [2.75, 3.05) is 25.6 Å². The number of ketones is 1. The van der Waals surface area contributed by atoms with Crippen molar-refractivity contribution in [3.8, 4) is 11.5 Å². The molecule has 2 amide bonds. The molecule has 0 saturated heterocycles. The van der Waals surface area contributed by atoms with Gasteiger partial charge in [0.15, 0.2) is 23.9 Å². The lowest BCUT2D eigenvalue weighted by Crippen LogP contribution is -2.45. The van der Waals surface area contributed by atoms with Crippen molar-refractivity contribution >= 4 is 23.3 Å². The SMILES string of the molecule is COc1cc(C(C)=O)ccc1OCC(=O)NNC(=O)CNc1ccc(C)cc1. The predicted octanol–water partition coefficient (Wildman–Crippen LogP) is 1.84. The van der Waals surface area contributed by atoms with Crippen LogP contribution in [-0.2, 0) is 9.59 Å². The number of carbonyl (C=O) groups is 3. The molecule has 0 spiro atoms. The fraction of sp³-hybridized carbons (Fsp3) is 0.250. The average molecular weight is 385 g/mol. The number of hydrazine groups is 1. The lowest BCUT2D eigenvalue weighted by Gasteiger charge is -2.12. The largest absolute Gasteiger partial charge is 0.493 e. The zero-order valence-corrected chi connectivity index (χ0v) is 16.0. The predicted molar refractivity (Wildman–Crippen MR) is 104 cm³/mol. The van der Waals surface area contributed by atoms with Gasteiger partial charge in [-0.3, -0.25) is 25.2 Å². The van der Waals surface area contributed by atoms with Crippen molar-refractivity contribution in [1.82, 2.24) is 10.9 Å². The zero-order chi connectivity index (χ0) is 20.5. The maximum atomic E-state index is 11.8. The van der Waals surface area contributed by atoms with E-state index in [-0.39, 0.29) is 18.9 Å². The van der Waals surface area contributed by atoms with E-state index < -0.39 is 11.8 Å². The summed E-state index contributed by atoms with van der Waals surface area (Å²) in [6.45, 7) is 3.09. The number of nitrogens with one attached hydrogen (secondary N) is 3. The van der Waals surface area contributed by atoms with Gasteiger partial charge >= 0.3 is 0 Å². The Hall–Kier alpha value is -3.55. The Bertz CT molecular complexity index is 849. The molecule has 0 saturated carbocycles. The number of anilines is 1. The number of aryl methyl sites for hydroxylation is 1. The van der Waals surface area contributed by atoms with Crippen molar-refractivity contribution < 1.29 is 23.9 Å². The van der Waals surface area contributed by atoms with Gasteiger partial charge in [-0.15, -0.1) is 0 Å². The topological polar surface area (TPSA) is 106 Å². The maximum Gasteiger partial charge on any atom is 0.276 e. The number of rotatable bonds is 8. The van der Waals surface area contributed by atoms with Crippen molar-refractivity contribution in [3.05, 3.63) is 53.6 Å². The van der Waals surface area contributed by atoms with Crippen LogP contribution >= 0.6 is 0 Å². The summed E-state index contributed by atoms with van der Waals surface area (Å²) in [5, 5.41) is 2.94. The molecule has 8 nitrogen and oxygen atoms in total. The van der Waals surface area contributed by atoms with Gasteiger partial charge in [0, 0.05) is 11.3 Å². The van der Waals surface area contributed by atoms with E-state index in [4.69, 9.17) is 9.47 Å². The summed E-state index contributed by atoms with van der Waals surface area (Å²) in [6, 6.07) is 12.2. The summed E-state index contributed by atoms with van der Waals surface area (Å²) in [7, 11) is 1.44. The Morgan fingerprint density at radius 2 is 1.61 bits per heavy atom. The van der Waals surface area contributed by atoms with Crippen LogP contribution < -0.4 is 25.6 Å². The van der Waals surface area contributed by atoms with Gasteiger partial charge in [-0.1, -0.05) is 17.7 Å². The van der Waals surface area contributed by atoms with Crippen LogP contribution in [0.5, 0.6) is 11.5 Å². The molecule has 0 aliphatic rings. The first-order valence-corrected chi connectivity index (χ1v) is 8.59. The molecule has 0 heterocycles. The van der Waals surface area contributed by atoms with Gasteiger partial charge in [-0.05, 0) is 44.2 Å². The summed E-state index contributed by atoms with van der Waals surface area (Å²) in [5.74, 6) is -0.398. The third-order valence-electron chi connectivity index (χ3n) is 3.77. The Morgan fingerprint density at radius 1 is 0.929 bits per heavy atom. The number of methoxy groups -OCH3 is 1. The first kappa shape index (κ1) is 20.8. The molecule has 148 valence electrons. The summed E-state index contributed by atoms with van der Waals surface area (Å²) < 4.78 is 10.5. The molecule has 0 radical (unpaired) electrons. The second kappa shape index (κ2) is 9.96. The highest BCUT2D eigenvalue weighted by atomic mass is 16.5. The van der Waals surface area contributed by atoms with E-state index in [1.54, 1.807) is 12.1 Å². The Morgan fingerprint density at radius 3 is 2.25 bits per heavy atom. The zero-order valence-electron chi connectivity index (χ0n) is 16.0. The smallest absolute Gasteiger partial charge is 0.276 e. The van der Waals surface area contributed by atoms with Gasteiger partial charge in [0.25, 0.3) is 11.8 Å². The molecule has 0 aliphatic heterocycles. The van der Waals surface area contributed by atoms with Crippen LogP contribution in [0.25, 0.3) is 0 Å². The minimum atomic E-state index is -0.540. The van der Waals surface area contributed by atoms with Gasteiger partial charge in [0.1, 0.15) is 0 Å². The third-order valence-corrected chi connectivity index (χ3v) is 3.77. The van der Waals surface area contributed by atoms with Gasteiger partial charge in [-0.2, -0.15) is 0 Å². The number of benzene rings is 2. The number of carbonyl (C=O) groups excluding carboxylic acids is 3.